The Kier molecular flexibility index (Phi) is 4.77. The fraction of sp³-hybridized carbons (Fsp3) is 0.0909. The second kappa shape index (κ2) is 6.22. The highest BCUT2D eigenvalue weighted by atomic mass is 79.9. The van der Waals surface area contributed by atoms with Gasteiger partial charge in [-0.1, -0.05) is 6.07 Å². The molecule has 1 aromatic heterocycles. The van der Waals surface area contributed by atoms with Gasteiger partial charge in [-0.25, -0.2) is 22.9 Å². The molecule has 0 fully saturated rings. The number of benzene rings is 1. The van der Waals surface area contributed by atoms with Gasteiger partial charge in [-0.2, -0.15) is 4.98 Å². The molecule has 2 aromatic rings. The first-order valence-corrected chi connectivity index (χ1v) is 8.38. The van der Waals surface area contributed by atoms with Crippen molar-refractivity contribution in [1.29, 1.82) is 0 Å². The molecule has 0 aliphatic heterocycles. The van der Waals surface area contributed by atoms with Gasteiger partial charge in [0.15, 0.2) is 0 Å². The van der Waals surface area contributed by atoms with Crippen LogP contribution in [0.5, 0.6) is 0 Å². The standard InChI is InChI=1S/C11H9BrClFN4O2S/c12-7-4-16-11(13)18-10(7)17-9-3-1-2-8(14)6(9)5-21(15,19)20/h1-4H,5H2,(H2,15,19,20)(H,16,17,18). The second-order valence-corrected chi connectivity index (χ2v) is 6.84. The number of nitrogens with two attached hydrogens (primary N) is 1. The Morgan fingerprint density at radius 3 is 2.81 bits per heavy atom. The van der Waals surface area contributed by atoms with Crippen LogP contribution in [-0.2, 0) is 15.8 Å². The molecule has 0 spiro atoms. The lowest BCUT2D eigenvalue weighted by molar-refractivity contribution is 0.588. The molecule has 2 rings (SSSR count). The van der Waals surface area contributed by atoms with E-state index in [1.807, 2.05) is 0 Å². The SMILES string of the molecule is NS(=O)(=O)Cc1c(F)cccc1Nc1nc(Cl)ncc1Br. The summed E-state index contributed by atoms with van der Waals surface area (Å²) >= 11 is 8.90. The number of sulfonamides is 1. The van der Waals surface area contributed by atoms with Crippen molar-refractivity contribution in [2.45, 2.75) is 5.75 Å². The number of halogens is 3. The molecule has 0 unspecified atom stereocenters. The van der Waals surface area contributed by atoms with Crippen LogP contribution in [0.3, 0.4) is 0 Å². The maximum Gasteiger partial charge on any atom is 0.224 e. The maximum absolute atomic E-state index is 13.8. The van der Waals surface area contributed by atoms with Gasteiger partial charge in [0.25, 0.3) is 0 Å². The van der Waals surface area contributed by atoms with Crippen LogP contribution in [-0.4, -0.2) is 18.4 Å². The average molecular weight is 396 g/mol. The minimum atomic E-state index is -3.88. The predicted octanol–water partition coefficient (Wildman–Crippen LogP) is 2.56. The van der Waals surface area contributed by atoms with E-state index >= 15 is 0 Å². The highest BCUT2D eigenvalue weighted by Gasteiger charge is 2.16. The van der Waals surface area contributed by atoms with E-state index in [4.69, 9.17) is 16.7 Å². The van der Waals surface area contributed by atoms with Crippen molar-refractivity contribution in [2.24, 2.45) is 5.14 Å². The zero-order chi connectivity index (χ0) is 15.6. The lowest BCUT2D eigenvalue weighted by atomic mass is 10.2. The Morgan fingerprint density at radius 1 is 1.43 bits per heavy atom. The average Bonchev–Trinajstić information content (AvgIpc) is 2.37. The smallest absolute Gasteiger partial charge is 0.224 e. The van der Waals surface area contributed by atoms with Crippen molar-refractivity contribution < 1.29 is 12.8 Å². The number of hydrogen-bond donors (Lipinski definition) is 2. The van der Waals surface area contributed by atoms with Gasteiger partial charge < -0.3 is 5.32 Å². The van der Waals surface area contributed by atoms with Crippen molar-refractivity contribution >= 4 is 49.1 Å². The molecular weight excluding hydrogens is 387 g/mol. The van der Waals surface area contributed by atoms with E-state index < -0.39 is 21.6 Å². The Labute approximate surface area is 133 Å². The van der Waals surface area contributed by atoms with Crippen molar-refractivity contribution in [3.05, 3.63) is 45.5 Å². The summed E-state index contributed by atoms with van der Waals surface area (Å²) in [5, 5.41) is 7.77. The highest BCUT2D eigenvalue weighted by molar-refractivity contribution is 9.10. The largest absolute Gasteiger partial charge is 0.339 e. The fourth-order valence-electron chi connectivity index (χ4n) is 1.58. The molecule has 0 amide bonds. The third kappa shape index (κ3) is 4.34. The summed E-state index contributed by atoms with van der Waals surface area (Å²) in [6.07, 6.45) is 1.41. The van der Waals surface area contributed by atoms with Gasteiger partial charge in [0.1, 0.15) is 11.6 Å². The number of nitrogens with zero attached hydrogens (tertiary/aromatic N) is 2. The van der Waals surface area contributed by atoms with Crippen molar-refractivity contribution in [2.75, 3.05) is 5.32 Å². The molecule has 21 heavy (non-hydrogen) atoms. The van der Waals surface area contributed by atoms with Crippen LogP contribution in [0, 0.1) is 5.82 Å². The number of hydrogen-bond acceptors (Lipinski definition) is 5. The summed E-state index contributed by atoms with van der Waals surface area (Å²) in [5.41, 5.74) is 0.140. The summed E-state index contributed by atoms with van der Waals surface area (Å²) in [6.45, 7) is 0. The molecule has 112 valence electrons. The van der Waals surface area contributed by atoms with E-state index in [-0.39, 0.29) is 22.4 Å². The normalized spacial score (nSPS) is 11.4. The van der Waals surface area contributed by atoms with Gasteiger partial charge in [0.2, 0.25) is 15.3 Å². The minimum absolute atomic E-state index is 0.00917. The monoisotopic (exact) mass is 394 g/mol. The molecule has 0 atom stereocenters. The number of aromatic nitrogens is 2. The van der Waals surface area contributed by atoms with Gasteiger partial charge in [0, 0.05) is 17.4 Å². The van der Waals surface area contributed by atoms with E-state index in [1.54, 1.807) is 0 Å². The number of primary sulfonamides is 1. The summed E-state index contributed by atoms with van der Waals surface area (Å²) in [5.74, 6) is -1.06. The zero-order valence-corrected chi connectivity index (χ0v) is 13.5. The third-order valence-corrected chi connectivity index (χ3v) is 3.89. The van der Waals surface area contributed by atoms with Crippen LogP contribution in [0.25, 0.3) is 0 Å². The Balaban J connectivity index is 2.45. The molecule has 10 heteroatoms. The van der Waals surface area contributed by atoms with Crippen LogP contribution in [0.4, 0.5) is 15.9 Å². The molecule has 0 saturated carbocycles. The molecule has 0 aliphatic rings. The first-order chi connectivity index (χ1) is 9.76. The molecule has 1 heterocycles. The van der Waals surface area contributed by atoms with Gasteiger partial charge in [-0.3, -0.25) is 0 Å². The summed E-state index contributed by atoms with van der Waals surface area (Å²) in [4.78, 5) is 7.69. The summed E-state index contributed by atoms with van der Waals surface area (Å²) in [6, 6.07) is 4.08. The van der Waals surface area contributed by atoms with Crippen molar-refractivity contribution in [3.8, 4) is 0 Å². The molecule has 0 saturated heterocycles. The molecule has 3 N–H and O–H groups in total. The van der Waals surface area contributed by atoms with E-state index in [0.29, 0.717) is 4.47 Å². The van der Waals surface area contributed by atoms with Crippen molar-refractivity contribution in [1.82, 2.24) is 9.97 Å². The predicted molar refractivity (Wildman–Crippen MR) is 81.2 cm³/mol. The lowest BCUT2D eigenvalue weighted by Crippen LogP contribution is -2.16. The topological polar surface area (TPSA) is 98.0 Å². The van der Waals surface area contributed by atoms with Crippen LogP contribution in [0.1, 0.15) is 5.56 Å². The molecule has 0 aliphatic carbocycles. The first kappa shape index (κ1) is 16.1. The van der Waals surface area contributed by atoms with Crippen LogP contribution >= 0.6 is 27.5 Å². The second-order valence-electron chi connectivity index (χ2n) is 4.03. The summed E-state index contributed by atoms with van der Waals surface area (Å²) in [7, 11) is -3.88. The van der Waals surface area contributed by atoms with Gasteiger partial charge in [-0.15, -0.1) is 0 Å². The van der Waals surface area contributed by atoms with Gasteiger partial charge in [-0.05, 0) is 39.7 Å². The zero-order valence-electron chi connectivity index (χ0n) is 10.3. The third-order valence-electron chi connectivity index (χ3n) is 2.43. The van der Waals surface area contributed by atoms with E-state index in [0.717, 1.165) is 6.07 Å². The van der Waals surface area contributed by atoms with E-state index in [1.165, 1.54) is 18.3 Å². The molecular formula is C11H9BrClFN4O2S. The van der Waals surface area contributed by atoms with E-state index in [2.05, 4.69) is 31.2 Å². The highest BCUT2D eigenvalue weighted by Crippen LogP contribution is 2.28. The number of nitrogens with one attached hydrogen (secondary N) is 1. The maximum atomic E-state index is 13.8. The number of anilines is 2. The molecule has 0 bridgehead atoms. The minimum Gasteiger partial charge on any atom is -0.339 e. The Morgan fingerprint density at radius 2 is 2.14 bits per heavy atom. The molecule has 1 aromatic carbocycles. The quantitative estimate of drug-likeness (QED) is 0.775. The lowest BCUT2D eigenvalue weighted by Gasteiger charge is -2.12. The van der Waals surface area contributed by atoms with Crippen molar-refractivity contribution in [3.63, 3.8) is 0 Å². The fourth-order valence-corrected chi connectivity index (χ4v) is 2.70. The Hall–Kier alpha value is -1.29. The Bertz CT molecular complexity index is 788. The number of rotatable bonds is 4. The van der Waals surface area contributed by atoms with Crippen LogP contribution < -0.4 is 10.5 Å². The molecule has 0 radical (unpaired) electrons. The van der Waals surface area contributed by atoms with Crippen LogP contribution in [0.15, 0.2) is 28.9 Å². The first-order valence-electron chi connectivity index (χ1n) is 5.49. The molecule has 6 nitrogen and oxygen atoms in total. The van der Waals surface area contributed by atoms with Crippen LogP contribution in [0.2, 0.25) is 5.28 Å². The van der Waals surface area contributed by atoms with Gasteiger partial charge >= 0.3 is 0 Å². The van der Waals surface area contributed by atoms with E-state index in [9.17, 15) is 12.8 Å². The van der Waals surface area contributed by atoms with Gasteiger partial charge in [0.05, 0.1) is 10.2 Å². The summed E-state index contributed by atoms with van der Waals surface area (Å²) < 4.78 is 36.7.